The number of nitro benzene ring substituents is 1. The fourth-order valence-corrected chi connectivity index (χ4v) is 2.91. The summed E-state index contributed by atoms with van der Waals surface area (Å²) in [6.07, 6.45) is 1.96. The number of aryl methyl sites for hydroxylation is 1. The molecule has 0 unspecified atom stereocenters. The Bertz CT molecular complexity index is 696. The van der Waals surface area contributed by atoms with Crippen molar-refractivity contribution in [2.75, 3.05) is 31.1 Å². The van der Waals surface area contributed by atoms with Crippen molar-refractivity contribution in [2.45, 2.75) is 19.8 Å². The van der Waals surface area contributed by atoms with Crippen molar-refractivity contribution >= 4 is 22.4 Å². The fraction of sp³-hybridized carbons (Fsp3) is 0.438. The van der Waals surface area contributed by atoms with E-state index in [1.807, 2.05) is 0 Å². The third-order valence-corrected chi connectivity index (χ3v) is 4.00. The van der Waals surface area contributed by atoms with E-state index in [0.717, 1.165) is 55.7 Å². The molecule has 2 aromatic rings. The molecule has 1 aliphatic rings. The summed E-state index contributed by atoms with van der Waals surface area (Å²) in [6, 6.07) is 6.95. The van der Waals surface area contributed by atoms with E-state index in [4.69, 9.17) is 4.98 Å². The Kier molecular flexibility index (Phi) is 4.20. The van der Waals surface area contributed by atoms with Crippen molar-refractivity contribution in [1.29, 1.82) is 0 Å². The van der Waals surface area contributed by atoms with Gasteiger partial charge in [-0.3, -0.25) is 10.1 Å². The van der Waals surface area contributed by atoms with Crippen LogP contribution in [0.3, 0.4) is 0 Å². The van der Waals surface area contributed by atoms with E-state index in [1.54, 1.807) is 12.1 Å². The normalized spacial score (nSPS) is 15.2. The Morgan fingerprint density at radius 2 is 2.09 bits per heavy atom. The SMILES string of the molecule is CCCc1cc2cc([N+](=O)[O-])ccc2nc1N1CCNCC1. The minimum Gasteiger partial charge on any atom is -0.354 e. The van der Waals surface area contributed by atoms with Gasteiger partial charge in [0, 0.05) is 43.7 Å². The average molecular weight is 300 g/mol. The summed E-state index contributed by atoms with van der Waals surface area (Å²) in [6.45, 7) is 5.96. The van der Waals surface area contributed by atoms with Crippen molar-refractivity contribution in [3.63, 3.8) is 0 Å². The van der Waals surface area contributed by atoms with Crippen LogP contribution in [0.2, 0.25) is 0 Å². The lowest BCUT2D eigenvalue weighted by Crippen LogP contribution is -2.44. The smallest absolute Gasteiger partial charge is 0.270 e. The molecule has 1 aliphatic heterocycles. The maximum atomic E-state index is 10.9. The Morgan fingerprint density at radius 1 is 1.32 bits per heavy atom. The summed E-state index contributed by atoms with van der Waals surface area (Å²) in [5, 5.41) is 15.1. The van der Waals surface area contributed by atoms with Gasteiger partial charge in [-0.15, -0.1) is 0 Å². The van der Waals surface area contributed by atoms with Crippen molar-refractivity contribution in [3.05, 3.63) is 39.9 Å². The quantitative estimate of drug-likeness (QED) is 0.694. The molecule has 1 saturated heterocycles. The van der Waals surface area contributed by atoms with E-state index in [1.165, 1.54) is 11.6 Å². The molecule has 1 aromatic carbocycles. The number of piperazine rings is 1. The Balaban J connectivity index is 2.08. The Morgan fingerprint density at radius 3 is 2.77 bits per heavy atom. The molecule has 3 rings (SSSR count). The molecule has 0 aliphatic carbocycles. The summed E-state index contributed by atoms with van der Waals surface area (Å²) in [5.74, 6) is 1.03. The summed E-state index contributed by atoms with van der Waals surface area (Å²) < 4.78 is 0. The molecule has 0 atom stereocenters. The second-order valence-corrected chi connectivity index (χ2v) is 5.59. The zero-order chi connectivity index (χ0) is 15.5. The van der Waals surface area contributed by atoms with E-state index < -0.39 is 0 Å². The Labute approximate surface area is 129 Å². The number of nitro groups is 1. The number of rotatable bonds is 4. The van der Waals surface area contributed by atoms with Crippen LogP contribution < -0.4 is 10.2 Å². The van der Waals surface area contributed by atoms with Gasteiger partial charge in [0.1, 0.15) is 5.82 Å². The third-order valence-electron chi connectivity index (χ3n) is 4.00. The lowest BCUT2D eigenvalue weighted by molar-refractivity contribution is -0.384. The largest absolute Gasteiger partial charge is 0.354 e. The van der Waals surface area contributed by atoms with Crippen LogP contribution in [-0.4, -0.2) is 36.1 Å². The molecule has 2 heterocycles. The first-order chi connectivity index (χ1) is 10.7. The van der Waals surface area contributed by atoms with Gasteiger partial charge in [-0.25, -0.2) is 4.98 Å². The molecule has 6 nitrogen and oxygen atoms in total. The van der Waals surface area contributed by atoms with Crippen LogP contribution in [0.5, 0.6) is 0 Å². The van der Waals surface area contributed by atoms with Crippen molar-refractivity contribution < 1.29 is 4.92 Å². The van der Waals surface area contributed by atoms with Gasteiger partial charge in [0.2, 0.25) is 0 Å². The monoisotopic (exact) mass is 300 g/mol. The topological polar surface area (TPSA) is 71.3 Å². The number of nitrogens with zero attached hydrogens (tertiary/aromatic N) is 3. The lowest BCUT2D eigenvalue weighted by Gasteiger charge is -2.30. The molecule has 22 heavy (non-hydrogen) atoms. The van der Waals surface area contributed by atoms with Gasteiger partial charge in [0.15, 0.2) is 0 Å². The van der Waals surface area contributed by atoms with Crippen molar-refractivity contribution in [1.82, 2.24) is 10.3 Å². The first-order valence-electron chi connectivity index (χ1n) is 7.73. The number of hydrogen-bond donors (Lipinski definition) is 1. The first-order valence-corrected chi connectivity index (χ1v) is 7.73. The summed E-state index contributed by atoms with van der Waals surface area (Å²) >= 11 is 0. The van der Waals surface area contributed by atoms with E-state index >= 15 is 0 Å². The molecule has 6 heteroatoms. The molecule has 1 N–H and O–H groups in total. The number of aromatic nitrogens is 1. The molecule has 116 valence electrons. The highest BCUT2D eigenvalue weighted by atomic mass is 16.6. The van der Waals surface area contributed by atoms with Crippen LogP contribution in [0.15, 0.2) is 24.3 Å². The molecule has 0 bridgehead atoms. The molecule has 0 radical (unpaired) electrons. The maximum absolute atomic E-state index is 10.9. The Hall–Kier alpha value is -2.21. The van der Waals surface area contributed by atoms with Crippen LogP contribution in [0.1, 0.15) is 18.9 Å². The minimum atomic E-state index is -0.358. The summed E-state index contributed by atoms with van der Waals surface area (Å²) in [5.41, 5.74) is 2.11. The highest BCUT2D eigenvalue weighted by Crippen LogP contribution is 2.27. The second-order valence-electron chi connectivity index (χ2n) is 5.59. The number of pyridine rings is 1. The van der Waals surface area contributed by atoms with Gasteiger partial charge in [0.05, 0.1) is 10.4 Å². The van der Waals surface area contributed by atoms with Crippen LogP contribution in [0.25, 0.3) is 10.9 Å². The average Bonchev–Trinajstić information content (AvgIpc) is 2.54. The van der Waals surface area contributed by atoms with Gasteiger partial charge < -0.3 is 10.2 Å². The number of fused-ring (bicyclic) bond motifs is 1. The molecular formula is C16H20N4O2. The van der Waals surface area contributed by atoms with Crippen LogP contribution in [0.4, 0.5) is 11.5 Å². The van der Waals surface area contributed by atoms with Crippen LogP contribution >= 0.6 is 0 Å². The molecule has 1 aromatic heterocycles. The van der Waals surface area contributed by atoms with Gasteiger partial charge in [-0.1, -0.05) is 13.3 Å². The number of anilines is 1. The van der Waals surface area contributed by atoms with E-state index in [-0.39, 0.29) is 10.6 Å². The second kappa shape index (κ2) is 6.27. The zero-order valence-electron chi connectivity index (χ0n) is 12.7. The number of non-ortho nitro benzene ring substituents is 1. The number of benzene rings is 1. The third kappa shape index (κ3) is 2.87. The summed E-state index contributed by atoms with van der Waals surface area (Å²) in [4.78, 5) is 17.7. The van der Waals surface area contributed by atoms with Gasteiger partial charge in [-0.05, 0) is 24.1 Å². The predicted molar refractivity (Wildman–Crippen MR) is 87.5 cm³/mol. The van der Waals surface area contributed by atoms with Crippen molar-refractivity contribution in [3.8, 4) is 0 Å². The van der Waals surface area contributed by atoms with Gasteiger partial charge >= 0.3 is 0 Å². The number of nitrogens with one attached hydrogen (secondary N) is 1. The van der Waals surface area contributed by atoms with Gasteiger partial charge in [-0.2, -0.15) is 0 Å². The minimum absolute atomic E-state index is 0.117. The van der Waals surface area contributed by atoms with Crippen LogP contribution in [0, 0.1) is 10.1 Å². The van der Waals surface area contributed by atoms with Crippen molar-refractivity contribution in [2.24, 2.45) is 0 Å². The fourth-order valence-electron chi connectivity index (χ4n) is 2.91. The van der Waals surface area contributed by atoms with Gasteiger partial charge in [0.25, 0.3) is 5.69 Å². The highest BCUT2D eigenvalue weighted by Gasteiger charge is 2.17. The molecule has 0 saturated carbocycles. The lowest BCUT2D eigenvalue weighted by atomic mass is 10.1. The standard InChI is InChI=1S/C16H20N4O2/c1-2-3-12-10-13-11-14(20(21)22)4-5-15(13)18-16(12)19-8-6-17-7-9-19/h4-5,10-11,17H,2-3,6-9H2,1H3. The highest BCUT2D eigenvalue weighted by molar-refractivity contribution is 5.84. The van der Waals surface area contributed by atoms with E-state index in [9.17, 15) is 10.1 Å². The molecule has 0 amide bonds. The molecular weight excluding hydrogens is 280 g/mol. The molecule has 0 spiro atoms. The first kappa shape index (κ1) is 14.7. The van der Waals surface area contributed by atoms with E-state index in [0.29, 0.717) is 0 Å². The molecule has 1 fully saturated rings. The maximum Gasteiger partial charge on any atom is 0.270 e. The predicted octanol–water partition coefficient (Wildman–Crippen LogP) is 2.51. The van der Waals surface area contributed by atoms with Crippen LogP contribution in [-0.2, 0) is 6.42 Å². The summed E-state index contributed by atoms with van der Waals surface area (Å²) in [7, 11) is 0. The number of hydrogen-bond acceptors (Lipinski definition) is 5. The zero-order valence-corrected chi connectivity index (χ0v) is 12.7. The van der Waals surface area contributed by atoms with E-state index in [2.05, 4.69) is 23.2 Å².